The quantitative estimate of drug-likeness (QED) is 0.735. The van der Waals surface area contributed by atoms with E-state index in [1.807, 2.05) is 6.07 Å². The Hall–Kier alpha value is -2.56. The lowest BCUT2D eigenvalue weighted by molar-refractivity contribution is 0.422. The Morgan fingerprint density at radius 3 is 2.43 bits per heavy atom. The number of hydrogen-bond donors (Lipinski definition) is 0. The first-order valence-corrected chi connectivity index (χ1v) is 8.09. The first-order chi connectivity index (χ1) is 11.4. The number of benzene rings is 1. The molecule has 2 saturated carbocycles. The molecule has 114 valence electrons. The molecule has 23 heavy (non-hydrogen) atoms. The molecule has 1 aromatic carbocycles. The van der Waals surface area contributed by atoms with Gasteiger partial charge in [0.15, 0.2) is 5.82 Å². The second-order valence-corrected chi connectivity index (χ2v) is 6.42. The van der Waals surface area contributed by atoms with Gasteiger partial charge in [-0.3, -0.25) is 0 Å². The third kappa shape index (κ3) is 2.42. The molecule has 5 heteroatoms. The summed E-state index contributed by atoms with van der Waals surface area (Å²) in [6, 6.07) is 10.5. The van der Waals surface area contributed by atoms with Crippen LogP contribution in [0.4, 0.5) is 0 Å². The van der Waals surface area contributed by atoms with Gasteiger partial charge in [-0.2, -0.15) is 4.98 Å². The zero-order valence-corrected chi connectivity index (χ0v) is 12.6. The van der Waals surface area contributed by atoms with E-state index in [1.54, 1.807) is 12.4 Å². The second-order valence-electron chi connectivity index (χ2n) is 6.42. The minimum atomic E-state index is 0.363. The molecule has 5 nitrogen and oxygen atoms in total. The van der Waals surface area contributed by atoms with E-state index in [9.17, 15) is 0 Å². The Kier molecular flexibility index (Phi) is 2.80. The zero-order chi connectivity index (χ0) is 15.2. The highest BCUT2D eigenvalue weighted by Crippen LogP contribution is 2.53. The third-order valence-electron chi connectivity index (χ3n) is 4.65. The summed E-state index contributed by atoms with van der Waals surface area (Å²) in [7, 11) is 0. The number of aromatic nitrogens is 4. The summed E-state index contributed by atoms with van der Waals surface area (Å²) in [5.74, 6) is 3.66. The summed E-state index contributed by atoms with van der Waals surface area (Å²) in [6.07, 6.45) is 7.07. The standard InChI is InChI=1S/C18H16N4O/c1-2-4-11(5-3-1)14-8-15(14)17-21-18(23-22-17)13-9-19-16(20-10-13)12-6-7-12/h1-5,9-10,12,14-15H,6-8H2/t14-,15+/m0/s1. The molecule has 0 saturated heterocycles. The van der Waals surface area contributed by atoms with Crippen LogP contribution in [0.2, 0.25) is 0 Å². The maximum Gasteiger partial charge on any atom is 0.261 e. The average Bonchev–Trinajstić information content (AvgIpc) is 3.54. The van der Waals surface area contributed by atoms with E-state index in [0.29, 0.717) is 23.6 Å². The zero-order valence-electron chi connectivity index (χ0n) is 12.6. The van der Waals surface area contributed by atoms with E-state index in [4.69, 9.17) is 4.52 Å². The predicted octanol–water partition coefficient (Wildman–Crippen LogP) is 3.68. The van der Waals surface area contributed by atoms with E-state index >= 15 is 0 Å². The van der Waals surface area contributed by atoms with Gasteiger partial charge in [-0.05, 0) is 30.7 Å². The Balaban J connectivity index is 1.35. The van der Waals surface area contributed by atoms with Crippen molar-refractivity contribution >= 4 is 0 Å². The molecule has 0 unspecified atom stereocenters. The van der Waals surface area contributed by atoms with Crippen LogP contribution in [0.15, 0.2) is 47.2 Å². The van der Waals surface area contributed by atoms with Crippen molar-refractivity contribution < 1.29 is 4.52 Å². The van der Waals surface area contributed by atoms with Crippen molar-refractivity contribution in [3.63, 3.8) is 0 Å². The molecule has 2 atom stereocenters. The van der Waals surface area contributed by atoms with Gasteiger partial charge in [0.25, 0.3) is 5.89 Å². The van der Waals surface area contributed by atoms with Gasteiger partial charge in [0, 0.05) is 24.2 Å². The summed E-state index contributed by atoms with van der Waals surface area (Å²) < 4.78 is 5.41. The summed E-state index contributed by atoms with van der Waals surface area (Å²) in [5, 5.41) is 4.16. The van der Waals surface area contributed by atoms with Crippen molar-refractivity contribution in [1.82, 2.24) is 20.1 Å². The van der Waals surface area contributed by atoms with Gasteiger partial charge < -0.3 is 4.52 Å². The Morgan fingerprint density at radius 2 is 1.70 bits per heavy atom. The number of nitrogens with zero attached hydrogens (tertiary/aromatic N) is 4. The van der Waals surface area contributed by atoms with Crippen LogP contribution in [0.3, 0.4) is 0 Å². The van der Waals surface area contributed by atoms with E-state index in [0.717, 1.165) is 23.6 Å². The molecule has 0 N–H and O–H groups in total. The maximum atomic E-state index is 5.41. The van der Waals surface area contributed by atoms with Crippen molar-refractivity contribution in [2.24, 2.45) is 0 Å². The van der Waals surface area contributed by atoms with Crippen LogP contribution in [0.5, 0.6) is 0 Å². The molecule has 0 bridgehead atoms. The SMILES string of the molecule is c1ccc([C@@H]2C[C@H]2c2noc(-c3cnc(C4CC4)nc3)n2)cc1. The van der Waals surface area contributed by atoms with Gasteiger partial charge in [0.1, 0.15) is 5.82 Å². The van der Waals surface area contributed by atoms with Crippen molar-refractivity contribution in [2.45, 2.75) is 37.0 Å². The van der Waals surface area contributed by atoms with Gasteiger partial charge in [-0.1, -0.05) is 35.5 Å². The van der Waals surface area contributed by atoms with Gasteiger partial charge in [-0.15, -0.1) is 0 Å². The summed E-state index contributed by atoms with van der Waals surface area (Å²) in [4.78, 5) is 13.4. The van der Waals surface area contributed by atoms with Crippen LogP contribution in [0.1, 0.15) is 54.2 Å². The summed E-state index contributed by atoms with van der Waals surface area (Å²) in [5.41, 5.74) is 2.14. The van der Waals surface area contributed by atoms with Gasteiger partial charge in [-0.25, -0.2) is 9.97 Å². The largest absolute Gasteiger partial charge is 0.334 e. The van der Waals surface area contributed by atoms with E-state index < -0.39 is 0 Å². The smallest absolute Gasteiger partial charge is 0.261 e. The molecule has 3 aromatic rings. The molecule has 0 radical (unpaired) electrons. The van der Waals surface area contributed by atoms with E-state index in [-0.39, 0.29) is 0 Å². The fourth-order valence-electron chi connectivity index (χ4n) is 3.05. The summed E-state index contributed by atoms with van der Waals surface area (Å²) >= 11 is 0. The Labute approximate surface area is 133 Å². The predicted molar refractivity (Wildman–Crippen MR) is 83.8 cm³/mol. The normalized spacial score (nSPS) is 23.0. The molecule has 2 aliphatic carbocycles. The Bertz CT molecular complexity index is 824. The topological polar surface area (TPSA) is 64.7 Å². The van der Waals surface area contributed by atoms with Crippen molar-refractivity contribution in [3.05, 3.63) is 59.9 Å². The minimum Gasteiger partial charge on any atom is -0.334 e. The first-order valence-electron chi connectivity index (χ1n) is 8.09. The molecular weight excluding hydrogens is 288 g/mol. The lowest BCUT2D eigenvalue weighted by Crippen LogP contribution is -1.92. The van der Waals surface area contributed by atoms with Crippen molar-refractivity contribution in [3.8, 4) is 11.5 Å². The fraction of sp³-hybridized carbons (Fsp3) is 0.333. The molecule has 0 aliphatic heterocycles. The van der Waals surface area contributed by atoms with E-state index in [1.165, 1.54) is 18.4 Å². The van der Waals surface area contributed by atoms with Crippen LogP contribution >= 0.6 is 0 Å². The lowest BCUT2D eigenvalue weighted by Gasteiger charge is -1.97. The molecule has 5 rings (SSSR count). The lowest BCUT2D eigenvalue weighted by atomic mass is 10.1. The van der Waals surface area contributed by atoms with Crippen LogP contribution in [0.25, 0.3) is 11.5 Å². The first kappa shape index (κ1) is 12.9. The Morgan fingerprint density at radius 1 is 0.913 bits per heavy atom. The highest BCUT2D eigenvalue weighted by molar-refractivity contribution is 5.49. The molecule has 2 aromatic heterocycles. The van der Waals surface area contributed by atoms with Gasteiger partial charge in [0.2, 0.25) is 0 Å². The molecule has 0 amide bonds. The monoisotopic (exact) mass is 304 g/mol. The van der Waals surface area contributed by atoms with E-state index in [2.05, 4.69) is 44.4 Å². The molecule has 2 fully saturated rings. The van der Waals surface area contributed by atoms with Crippen molar-refractivity contribution in [1.29, 1.82) is 0 Å². The average molecular weight is 304 g/mol. The molecule has 2 aliphatic rings. The molecular formula is C18H16N4O. The minimum absolute atomic E-state index is 0.363. The van der Waals surface area contributed by atoms with Crippen LogP contribution in [-0.4, -0.2) is 20.1 Å². The highest BCUT2D eigenvalue weighted by Gasteiger charge is 2.42. The fourth-order valence-corrected chi connectivity index (χ4v) is 3.05. The van der Waals surface area contributed by atoms with Crippen LogP contribution in [-0.2, 0) is 0 Å². The number of hydrogen-bond acceptors (Lipinski definition) is 5. The highest BCUT2D eigenvalue weighted by atomic mass is 16.5. The maximum absolute atomic E-state index is 5.41. The number of rotatable bonds is 4. The van der Waals surface area contributed by atoms with Crippen molar-refractivity contribution in [2.75, 3.05) is 0 Å². The second kappa shape index (κ2) is 4.98. The van der Waals surface area contributed by atoms with Crippen LogP contribution in [0, 0.1) is 0 Å². The molecule has 0 spiro atoms. The van der Waals surface area contributed by atoms with Gasteiger partial charge in [0.05, 0.1) is 5.56 Å². The summed E-state index contributed by atoms with van der Waals surface area (Å²) in [6.45, 7) is 0. The molecule has 2 heterocycles. The third-order valence-corrected chi connectivity index (χ3v) is 4.65. The van der Waals surface area contributed by atoms with Gasteiger partial charge >= 0.3 is 0 Å². The van der Waals surface area contributed by atoms with Crippen LogP contribution < -0.4 is 0 Å².